The van der Waals surface area contributed by atoms with Crippen LogP contribution in [0.5, 0.6) is 0 Å². The summed E-state index contributed by atoms with van der Waals surface area (Å²) in [4.78, 5) is 12.5. The van der Waals surface area contributed by atoms with Gasteiger partial charge in [0.2, 0.25) is 0 Å². The molecule has 3 aromatic carbocycles. The maximum absolute atomic E-state index is 13.8. The van der Waals surface area contributed by atoms with E-state index in [1.165, 1.54) is 24.3 Å². The molecule has 0 heterocycles. The molecule has 0 saturated carbocycles. The first kappa shape index (κ1) is 13.7. The zero-order valence-electron chi connectivity index (χ0n) is 10.7. The molecule has 21 heavy (non-hydrogen) atoms. The fraction of sp³-hybridized carbons (Fsp3) is 0. The molecule has 0 N–H and O–H groups in total. The highest BCUT2D eigenvalue weighted by Gasteiger charge is 2.15. The Labute approximate surface area is 124 Å². The fourth-order valence-corrected chi connectivity index (χ4v) is 2.37. The van der Waals surface area contributed by atoms with Gasteiger partial charge < -0.3 is 0 Å². The molecule has 0 saturated heterocycles. The van der Waals surface area contributed by atoms with Crippen molar-refractivity contribution in [1.82, 2.24) is 0 Å². The maximum atomic E-state index is 13.8. The number of hydrogen-bond donors (Lipinski definition) is 0. The molecule has 0 aliphatic heterocycles. The Bertz CT molecular complexity index is 859. The summed E-state index contributed by atoms with van der Waals surface area (Å²) in [7, 11) is 0. The standard InChI is InChI=1S/C17H9ClF2O/c18-14-7-5-10(9-16(14)20)17(21)13-6-8-15(19)12-4-2-1-3-11(12)13/h1-9H. The molecule has 3 rings (SSSR count). The molecular weight excluding hydrogens is 294 g/mol. The van der Waals surface area contributed by atoms with Gasteiger partial charge in [-0.05, 0) is 35.7 Å². The quantitative estimate of drug-likeness (QED) is 0.609. The van der Waals surface area contributed by atoms with Crippen LogP contribution in [0.4, 0.5) is 8.78 Å². The van der Waals surface area contributed by atoms with Gasteiger partial charge in [-0.2, -0.15) is 0 Å². The first-order valence-electron chi connectivity index (χ1n) is 6.25. The van der Waals surface area contributed by atoms with Crippen molar-refractivity contribution in [2.75, 3.05) is 0 Å². The van der Waals surface area contributed by atoms with Crippen LogP contribution in [0, 0.1) is 11.6 Å². The second-order valence-corrected chi connectivity index (χ2v) is 5.01. The second kappa shape index (κ2) is 5.26. The van der Waals surface area contributed by atoms with Crippen molar-refractivity contribution in [1.29, 1.82) is 0 Å². The Kier molecular flexibility index (Phi) is 3.43. The third-order valence-electron chi connectivity index (χ3n) is 3.30. The minimum Gasteiger partial charge on any atom is -0.289 e. The summed E-state index contributed by atoms with van der Waals surface area (Å²) in [6, 6.07) is 13.2. The van der Waals surface area contributed by atoms with Gasteiger partial charge in [-0.15, -0.1) is 0 Å². The van der Waals surface area contributed by atoms with Crippen molar-refractivity contribution < 1.29 is 13.6 Å². The number of carbonyl (C=O) groups is 1. The molecule has 0 aliphatic rings. The van der Waals surface area contributed by atoms with Crippen LogP contribution in [0.15, 0.2) is 54.6 Å². The average Bonchev–Trinajstić information content (AvgIpc) is 2.50. The summed E-state index contributed by atoms with van der Waals surface area (Å²) in [5.74, 6) is -1.43. The van der Waals surface area contributed by atoms with Gasteiger partial charge in [0, 0.05) is 16.5 Å². The summed E-state index contributed by atoms with van der Waals surface area (Å²) in [5.41, 5.74) is 0.502. The van der Waals surface area contributed by atoms with Crippen LogP contribution >= 0.6 is 11.6 Å². The Hall–Kier alpha value is -2.26. The molecule has 0 aliphatic carbocycles. The van der Waals surface area contributed by atoms with Gasteiger partial charge in [-0.1, -0.05) is 35.9 Å². The van der Waals surface area contributed by atoms with E-state index < -0.39 is 11.6 Å². The Morgan fingerprint density at radius 1 is 0.857 bits per heavy atom. The van der Waals surface area contributed by atoms with Crippen LogP contribution in [0.1, 0.15) is 15.9 Å². The molecule has 0 aromatic heterocycles. The van der Waals surface area contributed by atoms with Gasteiger partial charge in [-0.3, -0.25) is 4.79 Å². The van der Waals surface area contributed by atoms with Gasteiger partial charge in [-0.25, -0.2) is 8.78 Å². The van der Waals surface area contributed by atoms with Gasteiger partial charge in [0.1, 0.15) is 11.6 Å². The van der Waals surface area contributed by atoms with E-state index in [1.54, 1.807) is 24.3 Å². The smallest absolute Gasteiger partial charge is 0.193 e. The Morgan fingerprint density at radius 2 is 1.57 bits per heavy atom. The van der Waals surface area contributed by atoms with Crippen molar-refractivity contribution in [3.63, 3.8) is 0 Å². The SMILES string of the molecule is O=C(c1ccc(Cl)c(F)c1)c1ccc(F)c2ccccc12. The lowest BCUT2D eigenvalue weighted by atomic mass is 9.97. The predicted molar refractivity (Wildman–Crippen MR) is 78.7 cm³/mol. The number of carbonyl (C=O) groups excluding carboxylic acids is 1. The molecule has 1 nitrogen and oxygen atoms in total. The number of halogens is 3. The normalized spacial score (nSPS) is 10.8. The van der Waals surface area contributed by atoms with Gasteiger partial charge >= 0.3 is 0 Å². The van der Waals surface area contributed by atoms with Crippen LogP contribution in [0.25, 0.3) is 10.8 Å². The first-order valence-corrected chi connectivity index (χ1v) is 6.63. The van der Waals surface area contributed by atoms with Crippen LogP contribution in [-0.4, -0.2) is 5.78 Å². The topological polar surface area (TPSA) is 17.1 Å². The van der Waals surface area contributed by atoms with E-state index in [0.717, 1.165) is 6.07 Å². The molecular formula is C17H9ClF2O. The highest BCUT2D eigenvalue weighted by Crippen LogP contribution is 2.25. The average molecular weight is 303 g/mol. The van der Waals surface area contributed by atoms with Gasteiger partial charge in [0.05, 0.1) is 5.02 Å². The molecule has 0 fully saturated rings. The number of fused-ring (bicyclic) bond motifs is 1. The summed E-state index contributed by atoms with van der Waals surface area (Å²) >= 11 is 5.61. The number of benzene rings is 3. The van der Waals surface area contributed by atoms with Crippen molar-refractivity contribution in [3.8, 4) is 0 Å². The zero-order chi connectivity index (χ0) is 15.0. The summed E-state index contributed by atoms with van der Waals surface area (Å²) < 4.78 is 27.2. The van der Waals surface area contributed by atoms with Crippen molar-refractivity contribution in [2.45, 2.75) is 0 Å². The molecule has 0 atom stereocenters. The van der Waals surface area contributed by atoms with E-state index in [9.17, 15) is 13.6 Å². The first-order chi connectivity index (χ1) is 10.1. The Balaban J connectivity index is 2.18. The molecule has 0 bridgehead atoms. The van der Waals surface area contributed by atoms with Gasteiger partial charge in [0.25, 0.3) is 0 Å². The highest BCUT2D eigenvalue weighted by atomic mass is 35.5. The second-order valence-electron chi connectivity index (χ2n) is 4.60. The van der Waals surface area contributed by atoms with Gasteiger partial charge in [0.15, 0.2) is 5.78 Å². The van der Waals surface area contributed by atoms with E-state index in [1.807, 2.05) is 0 Å². The summed E-state index contributed by atoms with van der Waals surface area (Å²) in [6.45, 7) is 0. The fourth-order valence-electron chi connectivity index (χ4n) is 2.25. The van der Waals surface area contributed by atoms with E-state index in [0.29, 0.717) is 16.3 Å². The van der Waals surface area contributed by atoms with E-state index in [-0.39, 0.29) is 16.4 Å². The number of ketones is 1. The third kappa shape index (κ3) is 2.41. The Morgan fingerprint density at radius 3 is 2.29 bits per heavy atom. The lowest BCUT2D eigenvalue weighted by Gasteiger charge is -2.07. The van der Waals surface area contributed by atoms with E-state index in [2.05, 4.69) is 0 Å². The molecule has 104 valence electrons. The lowest BCUT2D eigenvalue weighted by Crippen LogP contribution is -2.03. The summed E-state index contributed by atoms with van der Waals surface area (Å²) in [6.07, 6.45) is 0. The number of hydrogen-bond acceptors (Lipinski definition) is 1. The molecule has 0 spiro atoms. The predicted octanol–water partition coefficient (Wildman–Crippen LogP) is 5.00. The minimum atomic E-state index is -0.658. The molecule has 3 aromatic rings. The van der Waals surface area contributed by atoms with Crippen LogP contribution in [0.3, 0.4) is 0 Å². The molecule has 0 unspecified atom stereocenters. The van der Waals surface area contributed by atoms with Crippen LogP contribution < -0.4 is 0 Å². The summed E-state index contributed by atoms with van der Waals surface area (Å²) in [5, 5.41) is 0.811. The lowest BCUT2D eigenvalue weighted by molar-refractivity contribution is 0.104. The largest absolute Gasteiger partial charge is 0.289 e. The molecule has 4 heteroatoms. The maximum Gasteiger partial charge on any atom is 0.193 e. The van der Waals surface area contributed by atoms with E-state index >= 15 is 0 Å². The van der Waals surface area contributed by atoms with Crippen molar-refractivity contribution in [3.05, 3.63) is 82.4 Å². The van der Waals surface area contributed by atoms with E-state index in [4.69, 9.17) is 11.6 Å². The van der Waals surface area contributed by atoms with Crippen LogP contribution in [-0.2, 0) is 0 Å². The monoisotopic (exact) mass is 302 g/mol. The number of rotatable bonds is 2. The molecule has 0 radical (unpaired) electrons. The van der Waals surface area contributed by atoms with Crippen molar-refractivity contribution in [2.24, 2.45) is 0 Å². The molecule has 0 amide bonds. The zero-order valence-corrected chi connectivity index (χ0v) is 11.5. The third-order valence-corrected chi connectivity index (χ3v) is 3.60. The highest BCUT2D eigenvalue weighted by molar-refractivity contribution is 6.31. The van der Waals surface area contributed by atoms with Crippen LogP contribution in [0.2, 0.25) is 5.02 Å². The minimum absolute atomic E-state index is 0.0458. The van der Waals surface area contributed by atoms with Crippen molar-refractivity contribution >= 4 is 28.2 Å².